The van der Waals surface area contributed by atoms with E-state index in [9.17, 15) is 17.2 Å². The van der Waals surface area contributed by atoms with Gasteiger partial charge in [0.25, 0.3) is 0 Å². The number of halogens is 4. The van der Waals surface area contributed by atoms with Crippen molar-refractivity contribution in [2.45, 2.75) is 36.3 Å². The molecule has 1 aliphatic rings. The van der Waals surface area contributed by atoms with Gasteiger partial charge in [0.15, 0.2) is 20.8 Å². The Morgan fingerprint density at radius 1 is 1.19 bits per heavy atom. The van der Waals surface area contributed by atoms with Crippen LogP contribution >= 0.6 is 43.2 Å². The highest BCUT2D eigenvalue weighted by atomic mass is 79.9. The molecule has 1 saturated heterocycles. The lowest BCUT2D eigenvalue weighted by Gasteiger charge is -2.31. The molecule has 4 rings (SSSR count). The number of nitrogens with zero attached hydrogens (tertiary/aromatic N) is 2. The van der Waals surface area contributed by atoms with Crippen LogP contribution in [0.5, 0.6) is 0 Å². The summed E-state index contributed by atoms with van der Waals surface area (Å²) in [4.78, 5) is 6.17. The Morgan fingerprint density at radius 3 is 2.59 bits per heavy atom. The molecule has 0 saturated carbocycles. The molecular weight excluding hydrogens is 586 g/mol. The van der Waals surface area contributed by atoms with Gasteiger partial charge in [-0.25, -0.2) is 22.2 Å². The summed E-state index contributed by atoms with van der Waals surface area (Å²) in [6, 6.07) is 9.21. The molecule has 10 heteroatoms. The Morgan fingerprint density at radius 2 is 1.91 bits per heavy atom. The van der Waals surface area contributed by atoms with Crippen LogP contribution in [-0.2, 0) is 16.3 Å². The van der Waals surface area contributed by atoms with Crippen LogP contribution in [0.1, 0.15) is 29.7 Å². The van der Waals surface area contributed by atoms with Crippen LogP contribution < -0.4 is 4.90 Å². The number of hydrogen-bond acceptors (Lipinski definition) is 5. The summed E-state index contributed by atoms with van der Waals surface area (Å²) in [5.41, 5.74) is 3.37. The molecule has 2 heterocycles. The number of benzene rings is 2. The molecule has 0 aliphatic carbocycles. The third kappa shape index (κ3) is 4.78. The Balaban J connectivity index is 1.46. The zero-order valence-corrected chi connectivity index (χ0v) is 21.9. The van der Waals surface area contributed by atoms with Gasteiger partial charge in [-0.05, 0) is 63.3 Å². The Kier molecular flexibility index (Phi) is 7.05. The fourth-order valence-corrected chi connectivity index (χ4v) is 8.13. The maximum absolute atomic E-state index is 14.6. The van der Waals surface area contributed by atoms with Crippen molar-refractivity contribution in [3.63, 3.8) is 0 Å². The zero-order valence-electron chi connectivity index (χ0n) is 17.1. The van der Waals surface area contributed by atoms with Crippen molar-refractivity contribution in [1.82, 2.24) is 4.98 Å². The second-order valence-electron chi connectivity index (χ2n) is 7.82. The first-order valence-electron chi connectivity index (χ1n) is 9.98. The van der Waals surface area contributed by atoms with Gasteiger partial charge in [0, 0.05) is 24.9 Å². The zero-order chi connectivity index (χ0) is 23.0. The van der Waals surface area contributed by atoms with Gasteiger partial charge in [0.2, 0.25) is 0 Å². The Labute approximate surface area is 206 Å². The van der Waals surface area contributed by atoms with Crippen molar-refractivity contribution < 1.29 is 17.2 Å². The molecule has 170 valence electrons. The van der Waals surface area contributed by atoms with E-state index < -0.39 is 31.6 Å². The van der Waals surface area contributed by atoms with Crippen LogP contribution in [0.25, 0.3) is 0 Å². The molecule has 1 aromatic heterocycles. The highest BCUT2D eigenvalue weighted by molar-refractivity contribution is 9.11. The highest BCUT2D eigenvalue weighted by Crippen LogP contribution is 2.37. The number of rotatable bonds is 5. The summed E-state index contributed by atoms with van der Waals surface area (Å²) in [5.74, 6) is -1.79. The number of piperidine rings is 1. The number of hydrogen-bond donors (Lipinski definition) is 0. The summed E-state index contributed by atoms with van der Waals surface area (Å²) in [5, 5.41) is 2.09. The van der Waals surface area contributed by atoms with Gasteiger partial charge in [-0.1, -0.05) is 29.8 Å². The quantitative estimate of drug-likeness (QED) is 0.321. The average molecular weight is 606 g/mol. The Hall–Kier alpha value is -1.36. The standard InChI is InChI=1S/C22H20Br2F2N2O2S2/c1-13-3-2-4-14(9-13)10-15-12-31-22(27-15)28-7-5-16(6-8-28)32(29,30)21-19(24)18(25)11-17(23)20(21)26/h2-4,9,11-12,16H,5-8,10H2,1H3. The molecule has 0 N–H and O–H groups in total. The molecular formula is C22H20Br2F2N2O2S2. The van der Waals surface area contributed by atoms with E-state index in [2.05, 4.69) is 61.9 Å². The van der Waals surface area contributed by atoms with E-state index >= 15 is 0 Å². The van der Waals surface area contributed by atoms with Crippen molar-refractivity contribution in [3.8, 4) is 0 Å². The van der Waals surface area contributed by atoms with Crippen molar-refractivity contribution in [3.05, 3.63) is 73.1 Å². The van der Waals surface area contributed by atoms with E-state index in [1.54, 1.807) is 0 Å². The monoisotopic (exact) mass is 604 g/mol. The van der Waals surface area contributed by atoms with Crippen molar-refractivity contribution in [2.75, 3.05) is 18.0 Å². The van der Waals surface area contributed by atoms with Crippen LogP contribution in [0.4, 0.5) is 13.9 Å². The summed E-state index contributed by atoms with van der Waals surface area (Å²) in [7, 11) is -4.05. The lowest BCUT2D eigenvalue weighted by atomic mass is 10.1. The first-order valence-corrected chi connectivity index (χ1v) is 14.0. The maximum Gasteiger partial charge on any atom is 0.185 e. The van der Waals surface area contributed by atoms with Gasteiger partial charge in [0.1, 0.15) is 10.7 Å². The number of sulfone groups is 1. The predicted octanol–water partition coefficient (Wildman–Crippen LogP) is 6.29. The minimum absolute atomic E-state index is 0.210. The second kappa shape index (κ2) is 9.48. The van der Waals surface area contributed by atoms with Crippen LogP contribution in [0.15, 0.2) is 49.6 Å². The molecule has 0 spiro atoms. The average Bonchev–Trinajstić information content (AvgIpc) is 3.21. The third-order valence-electron chi connectivity index (χ3n) is 5.51. The van der Waals surface area contributed by atoms with Crippen LogP contribution in [-0.4, -0.2) is 31.7 Å². The molecule has 0 atom stereocenters. The van der Waals surface area contributed by atoms with E-state index in [1.165, 1.54) is 22.5 Å². The van der Waals surface area contributed by atoms with Crippen LogP contribution in [0, 0.1) is 18.6 Å². The summed E-state index contributed by atoms with van der Waals surface area (Å²) < 4.78 is 54.3. The second-order valence-corrected chi connectivity index (χ2v) is 12.5. The molecule has 0 unspecified atom stereocenters. The van der Waals surface area contributed by atoms with E-state index in [-0.39, 0.29) is 8.95 Å². The smallest absolute Gasteiger partial charge is 0.185 e. The molecule has 32 heavy (non-hydrogen) atoms. The largest absolute Gasteiger partial charge is 0.348 e. The third-order valence-corrected chi connectivity index (χ3v) is 10.4. The number of thiazole rings is 1. The lowest BCUT2D eigenvalue weighted by Crippen LogP contribution is -2.39. The normalized spacial score (nSPS) is 15.3. The first kappa shape index (κ1) is 23.8. The molecule has 0 radical (unpaired) electrons. The number of anilines is 1. The van der Waals surface area contributed by atoms with Gasteiger partial charge in [-0.2, -0.15) is 0 Å². The topological polar surface area (TPSA) is 50.3 Å². The lowest BCUT2D eigenvalue weighted by molar-refractivity contribution is 0.512. The Bertz CT molecular complexity index is 1230. The van der Waals surface area contributed by atoms with Gasteiger partial charge in [0.05, 0.1) is 19.9 Å². The molecule has 1 aliphatic heterocycles. The summed E-state index contributed by atoms with van der Waals surface area (Å²) >= 11 is 7.35. The molecule has 1 fully saturated rings. The molecule has 2 aromatic carbocycles. The van der Waals surface area contributed by atoms with Gasteiger partial charge < -0.3 is 4.90 Å². The van der Waals surface area contributed by atoms with E-state index in [0.29, 0.717) is 25.9 Å². The maximum atomic E-state index is 14.6. The molecule has 0 bridgehead atoms. The highest BCUT2D eigenvalue weighted by Gasteiger charge is 2.36. The summed E-state index contributed by atoms with van der Waals surface area (Å²) in [6.07, 6.45) is 1.37. The first-order chi connectivity index (χ1) is 15.2. The van der Waals surface area contributed by atoms with Crippen molar-refractivity contribution in [2.24, 2.45) is 0 Å². The van der Waals surface area contributed by atoms with E-state index in [0.717, 1.165) is 23.3 Å². The fourth-order valence-electron chi connectivity index (χ4n) is 3.88. The minimum atomic E-state index is -4.05. The van der Waals surface area contributed by atoms with Crippen molar-refractivity contribution >= 4 is 58.2 Å². The van der Waals surface area contributed by atoms with Crippen molar-refractivity contribution in [1.29, 1.82) is 0 Å². The predicted molar refractivity (Wildman–Crippen MR) is 130 cm³/mol. The molecule has 4 nitrogen and oxygen atoms in total. The minimum Gasteiger partial charge on any atom is -0.348 e. The fraction of sp³-hybridized carbons (Fsp3) is 0.318. The number of aromatic nitrogens is 1. The van der Waals surface area contributed by atoms with Crippen LogP contribution in [0.3, 0.4) is 0 Å². The number of aryl methyl sites for hydroxylation is 1. The summed E-state index contributed by atoms with van der Waals surface area (Å²) in [6.45, 7) is 3.02. The van der Waals surface area contributed by atoms with E-state index in [1.807, 2.05) is 11.4 Å². The molecule has 0 amide bonds. The van der Waals surface area contributed by atoms with Gasteiger partial charge in [-0.15, -0.1) is 11.3 Å². The van der Waals surface area contributed by atoms with Gasteiger partial charge in [-0.3, -0.25) is 0 Å². The van der Waals surface area contributed by atoms with Crippen LogP contribution in [0.2, 0.25) is 0 Å². The SMILES string of the molecule is Cc1cccc(Cc2csc(N3CCC(S(=O)(=O)c4c(F)c(Br)cc(F)c4Br)CC3)n2)c1. The van der Waals surface area contributed by atoms with Gasteiger partial charge >= 0.3 is 0 Å². The van der Waals surface area contributed by atoms with E-state index in [4.69, 9.17) is 4.98 Å². The molecule has 3 aromatic rings.